The summed E-state index contributed by atoms with van der Waals surface area (Å²) in [4.78, 5) is 18.4. The first-order chi connectivity index (χ1) is 15.5. The van der Waals surface area contributed by atoms with Gasteiger partial charge in [-0.05, 0) is 78.5 Å². The van der Waals surface area contributed by atoms with E-state index < -0.39 is 5.82 Å². The molecule has 7 heteroatoms. The maximum Gasteiger partial charge on any atom is 0.256 e. The highest BCUT2D eigenvalue weighted by molar-refractivity contribution is 7.98. The number of nitrogens with zero attached hydrogens (tertiary/aromatic N) is 1. The van der Waals surface area contributed by atoms with E-state index in [9.17, 15) is 9.18 Å². The van der Waals surface area contributed by atoms with Crippen LogP contribution in [0.25, 0.3) is 22.4 Å². The number of amides is 1. The van der Waals surface area contributed by atoms with Gasteiger partial charge in [0.05, 0.1) is 10.7 Å². The van der Waals surface area contributed by atoms with Crippen LogP contribution in [-0.4, -0.2) is 17.1 Å². The number of hydrogen-bond donors (Lipinski definition) is 1. The van der Waals surface area contributed by atoms with Gasteiger partial charge in [-0.1, -0.05) is 29.3 Å². The molecular formula is C25H17Cl2FN2OS. The number of aromatic nitrogens is 1. The number of nitrogens with one attached hydrogen (secondary N) is 1. The zero-order chi connectivity index (χ0) is 22.7. The normalized spacial score (nSPS) is 10.8. The third-order valence-electron chi connectivity index (χ3n) is 4.86. The van der Waals surface area contributed by atoms with Crippen molar-refractivity contribution in [3.05, 3.63) is 100 Å². The maximum atomic E-state index is 14.7. The van der Waals surface area contributed by atoms with Crippen LogP contribution in [0.15, 0.2) is 83.9 Å². The molecule has 0 radical (unpaired) electrons. The Hall–Kier alpha value is -2.86. The second-order valence-corrected chi connectivity index (χ2v) is 8.62. The minimum Gasteiger partial charge on any atom is -0.322 e. The van der Waals surface area contributed by atoms with E-state index in [1.165, 1.54) is 17.8 Å². The molecule has 0 aliphatic rings. The molecule has 1 N–H and O–H groups in total. The van der Waals surface area contributed by atoms with E-state index in [0.717, 1.165) is 4.90 Å². The molecule has 1 heterocycles. The number of benzene rings is 3. The molecule has 0 bridgehead atoms. The van der Waals surface area contributed by atoms with Crippen molar-refractivity contribution < 1.29 is 9.18 Å². The zero-order valence-electron chi connectivity index (χ0n) is 16.9. The molecule has 160 valence electrons. The van der Waals surface area contributed by atoms with Crippen LogP contribution in [0.1, 0.15) is 10.4 Å². The molecule has 0 fully saturated rings. The molecule has 3 aromatic carbocycles. The van der Waals surface area contributed by atoms with Gasteiger partial charge in [-0.25, -0.2) is 4.39 Å². The van der Waals surface area contributed by atoms with Gasteiger partial charge in [0.15, 0.2) is 0 Å². The minimum absolute atomic E-state index is 0.293. The first kappa shape index (κ1) is 22.3. The van der Waals surface area contributed by atoms with E-state index in [-0.39, 0.29) is 5.91 Å². The Morgan fingerprint density at radius 1 is 0.938 bits per heavy atom. The quantitative estimate of drug-likeness (QED) is 0.294. The first-order valence-electron chi connectivity index (χ1n) is 9.62. The molecule has 0 atom stereocenters. The van der Waals surface area contributed by atoms with Gasteiger partial charge in [-0.2, -0.15) is 0 Å². The van der Waals surface area contributed by atoms with Gasteiger partial charge in [-0.15, -0.1) is 11.8 Å². The fourth-order valence-corrected chi connectivity index (χ4v) is 4.11. The molecule has 0 spiro atoms. The monoisotopic (exact) mass is 482 g/mol. The molecule has 4 aromatic rings. The zero-order valence-corrected chi connectivity index (χ0v) is 19.2. The SMILES string of the molecule is CSc1ccc(C(=O)Nc2ccc(Cl)c(-c3ccccn3)c2)c(-c2ccc(Cl)cc2F)c1. The molecule has 1 aromatic heterocycles. The Morgan fingerprint density at radius 3 is 2.50 bits per heavy atom. The van der Waals surface area contributed by atoms with Crippen molar-refractivity contribution in [1.82, 2.24) is 4.98 Å². The summed E-state index contributed by atoms with van der Waals surface area (Å²) in [6.07, 6.45) is 3.60. The molecule has 32 heavy (non-hydrogen) atoms. The van der Waals surface area contributed by atoms with E-state index in [4.69, 9.17) is 23.2 Å². The lowest BCUT2D eigenvalue weighted by Crippen LogP contribution is -2.13. The minimum atomic E-state index is -0.492. The lowest BCUT2D eigenvalue weighted by molar-refractivity contribution is 0.102. The number of rotatable bonds is 5. The number of carbonyl (C=O) groups excluding carboxylic acids is 1. The van der Waals surface area contributed by atoms with Crippen LogP contribution in [0.2, 0.25) is 10.0 Å². The summed E-state index contributed by atoms with van der Waals surface area (Å²) >= 11 is 13.8. The third kappa shape index (κ3) is 4.80. The number of carbonyl (C=O) groups is 1. The van der Waals surface area contributed by atoms with Gasteiger partial charge >= 0.3 is 0 Å². The average Bonchev–Trinajstić information content (AvgIpc) is 2.80. The van der Waals surface area contributed by atoms with E-state index in [1.54, 1.807) is 48.7 Å². The largest absolute Gasteiger partial charge is 0.322 e. The Bertz CT molecular complexity index is 1300. The number of thioether (sulfide) groups is 1. The summed E-state index contributed by atoms with van der Waals surface area (Å²) in [6.45, 7) is 0. The summed E-state index contributed by atoms with van der Waals surface area (Å²) in [7, 11) is 0. The Morgan fingerprint density at radius 2 is 1.78 bits per heavy atom. The maximum absolute atomic E-state index is 14.7. The fraction of sp³-hybridized carbons (Fsp3) is 0.0400. The van der Waals surface area contributed by atoms with Crippen molar-refractivity contribution in [3.8, 4) is 22.4 Å². The van der Waals surface area contributed by atoms with Crippen molar-refractivity contribution in [2.75, 3.05) is 11.6 Å². The summed E-state index contributed by atoms with van der Waals surface area (Å²) < 4.78 is 14.7. The Kier molecular flexibility index (Phi) is 6.80. The van der Waals surface area contributed by atoms with Gasteiger partial charge < -0.3 is 5.32 Å². The molecule has 1 amide bonds. The molecule has 0 aliphatic carbocycles. The molecule has 0 saturated heterocycles. The van der Waals surface area contributed by atoms with Crippen molar-refractivity contribution in [3.63, 3.8) is 0 Å². The lowest BCUT2D eigenvalue weighted by Gasteiger charge is -2.14. The van der Waals surface area contributed by atoms with Crippen LogP contribution in [0.5, 0.6) is 0 Å². The predicted octanol–water partition coefficient (Wildman–Crippen LogP) is 7.84. The predicted molar refractivity (Wildman–Crippen MR) is 131 cm³/mol. The van der Waals surface area contributed by atoms with Crippen LogP contribution in [0.3, 0.4) is 0 Å². The average molecular weight is 483 g/mol. The summed E-state index contributed by atoms with van der Waals surface area (Å²) in [5.74, 6) is -0.856. The highest BCUT2D eigenvalue weighted by Crippen LogP contribution is 2.33. The molecule has 0 saturated carbocycles. The number of halogens is 3. The van der Waals surface area contributed by atoms with Gasteiger partial charge in [0.1, 0.15) is 5.82 Å². The van der Waals surface area contributed by atoms with Gasteiger partial charge in [0, 0.05) is 38.5 Å². The van der Waals surface area contributed by atoms with Crippen LogP contribution >= 0.6 is 35.0 Å². The Balaban J connectivity index is 1.72. The number of anilines is 1. The fourth-order valence-electron chi connectivity index (χ4n) is 3.30. The Labute approximate surface area is 199 Å². The van der Waals surface area contributed by atoms with Crippen molar-refractivity contribution >= 4 is 46.6 Å². The number of hydrogen-bond acceptors (Lipinski definition) is 3. The van der Waals surface area contributed by atoms with Crippen molar-refractivity contribution in [1.29, 1.82) is 0 Å². The molecule has 4 rings (SSSR count). The molecular weight excluding hydrogens is 466 g/mol. The summed E-state index contributed by atoms with van der Waals surface area (Å²) in [6, 6.07) is 20.5. The molecule has 3 nitrogen and oxygen atoms in total. The summed E-state index contributed by atoms with van der Waals surface area (Å²) in [5, 5.41) is 3.71. The molecule has 0 aliphatic heterocycles. The van der Waals surface area contributed by atoms with E-state index in [1.807, 2.05) is 30.5 Å². The van der Waals surface area contributed by atoms with Gasteiger partial charge in [-0.3, -0.25) is 9.78 Å². The third-order valence-corrected chi connectivity index (χ3v) is 6.15. The first-order valence-corrected chi connectivity index (χ1v) is 11.6. The van der Waals surface area contributed by atoms with E-state index in [0.29, 0.717) is 43.7 Å². The lowest BCUT2D eigenvalue weighted by atomic mass is 9.98. The standard InChI is InChI=1S/C25H17Cl2FN2OS/c1-32-17-7-9-19(20(14-17)18-8-5-15(26)12-23(18)28)25(31)30-16-6-10-22(27)21(13-16)24-4-2-3-11-29-24/h2-14H,1H3,(H,30,31). The van der Waals surface area contributed by atoms with Crippen LogP contribution in [0, 0.1) is 5.82 Å². The van der Waals surface area contributed by atoms with Crippen LogP contribution in [0.4, 0.5) is 10.1 Å². The second kappa shape index (κ2) is 9.74. The van der Waals surface area contributed by atoms with E-state index in [2.05, 4.69) is 10.3 Å². The highest BCUT2D eigenvalue weighted by Gasteiger charge is 2.18. The molecule has 0 unspecified atom stereocenters. The van der Waals surface area contributed by atoms with E-state index >= 15 is 0 Å². The van der Waals surface area contributed by atoms with Crippen LogP contribution < -0.4 is 5.32 Å². The van der Waals surface area contributed by atoms with Crippen molar-refractivity contribution in [2.45, 2.75) is 4.90 Å². The topological polar surface area (TPSA) is 42.0 Å². The smallest absolute Gasteiger partial charge is 0.256 e. The summed E-state index contributed by atoms with van der Waals surface area (Å²) in [5.41, 5.74) is 3.09. The van der Waals surface area contributed by atoms with Crippen molar-refractivity contribution in [2.24, 2.45) is 0 Å². The van der Waals surface area contributed by atoms with Gasteiger partial charge in [0.2, 0.25) is 0 Å². The van der Waals surface area contributed by atoms with Gasteiger partial charge in [0.25, 0.3) is 5.91 Å². The highest BCUT2D eigenvalue weighted by atomic mass is 35.5. The van der Waals surface area contributed by atoms with Crippen LogP contribution in [-0.2, 0) is 0 Å². The number of pyridine rings is 1. The second-order valence-electron chi connectivity index (χ2n) is 6.90.